The molecule has 3 rings (SSSR count). The Bertz CT molecular complexity index is 1040. The fourth-order valence-corrected chi connectivity index (χ4v) is 2.86. The van der Waals surface area contributed by atoms with Crippen LogP contribution < -0.4 is 0 Å². The van der Waals surface area contributed by atoms with Crippen molar-refractivity contribution < 1.29 is 28.6 Å². The van der Waals surface area contributed by atoms with Gasteiger partial charge in [0.25, 0.3) is 0 Å². The predicted molar refractivity (Wildman–Crippen MR) is 91.3 cm³/mol. The SMILES string of the molecule is CCOC(=O)c1c(C(=O)OC)c(C(=O)OC)c2c3ccccc3cnn12. The van der Waals surface area contributed by atoms with Crippen molar-refractivity contribution in [3.8, 4) is 0 Å². The Kier molecular flexibility index (Phi) is 4.57. The van der Waals surface area contributed by atoms with Crippen molar-refractivity contribution in [2.75, 3.05) is 20.8 Å². The van der Waals surface area contributed by atoms with Crippen molar-refractivity contribution in [3.63, 3.8) is 0 Å². The molecule has 0 unspecified atom stereocenters. The quantitative estimate of drug-likeness (QED) is 0.522. The summed E-state index contributed by atoms with van der Waals surface area (Å²) in [6.07, 6.45) is 1.53. The smallest absolute Gasteiger partial charge is 0.357 e. The Morgan fingerprint density at radius 2 is 1.65 bits per heavy atom. The molecule has 1 aromatic carbocycles. The van der Waals surface area contributed by atoms with Gasteiger partial charge in [-0.15, -0.1) is 0 Å². The molecule has 0 aliphatic heterocycles. The molecule has 0 fully saturated rings. The highest BCUT2D eigenvalue weighted by Gasteiger charge is 2.35. The summed E-state index contributed by atoms with van der Waals surface area (Å²) in [7, 11) is 2.35. The van der Waals surface area contributed by atoms with E-state index in [2.05, 4.69) is 5.10 Å². The number of nitrogens with zero attached hydrogens (tertiary/aromatic N) is 2. The van der Waals surface area contributed by atoms with Gasteiger partial charge in [0.05, 0.1) is 32.5 Å². The molecule has 3 aromatic rings. The van der Waals surface area contributed by atoms with Crippen molar-refractivity contribution in [2.24, 2.45) is 0 Å². The third kappa shape index (κ3) is 2.55. The Balaban J connectivity index is 2.55. The van der Waals surface area contributed by atoms with Gasteiger partial charge in [-0.3, -0.25) is 0 Å². The fourth-order valence-electron chi connectivity index (χ4n) is 2.86. The number of fused-ring (bicyclic) bond motifs is 3. The van der Waals surface area contributed by atoms with Crippen LogP contribution in [0, 0.1) is 0 Å². The summed E-state index contributed by atoms with van der Waals surface area (Å²) in [5, 5.41) is 5.59. The van der Waals surface area contributed by atoms with E-state index < -0.39 is 17.9 Å². The summed E-state index contributed by atoms with van der Waals surface area (Å²) in [4.78, 5) is 37.4. The minimum absolute atomic E-state index is 0.0910. The number of methoxy groups -OCH3 is 2. The summed E-state index contributed by atoms with van der Waals surface area (Å²) in [5.41, 5.74) is -0.230. The lowest BCUT2D eigenvalue weighted by molar-refractivity contribution is 0.0493. The van der Waals surface area contributed by atoms with E-state index >= 15 is 0 Å². The number of hydrogen-bond donors (Lipinski definition) is 0. The number of aromatic nitrogens is 2. The highest BCUT2D eigenvalue weighted by molar-refractivity contribution is 6.18. The summed E-state index contributed by atoms with van der Waals surface area (Å²) in [5.74, 6) is -2.43. The number of rotatable bonds is 4. The Morgan fingerprint density at radius 1 is 1.00 bits per heavy atom. The molecular formula is C18H16N2O6. The highest BCUT2D eigenvalue weighted by atomic mass is 16.5. The van der Waals surface area contributed by atoms with Crippen molar-refractivity contribution in [1.29, 1.82) is 0 Å². The number of esters is 3. The molecule has 8 heteroatoms. The van der Waals surface area contributed by atoms with Crippen LogP contribution in [-0.2, 0) is 14.2 Å². The molecule has 0 amide bonds. The van der Waals surface area contributed by atoms with Gasteiger partial charge in [0.15, 0.2) is 5.69 Å². The average Bonchev–Trinajstić information content (AvgIpc) is 3.02. The normalized spacial score (nSPS) is 10.7. The maximum absolute atomic E-state index is 12.5. The van der Waals surface area contributed by atoms with E-state index in [9.17, 15) is 14.4 Å². The molecule has 26 heavy (non-hydrogen) atoms. The van der Waals surface area contributed by atoms with E-state index in [1.165, 1.54) is 17.8 Å². The Morgan fingerprint density at radius 3 is 2.31 bits per heavy atom. The molecule has 8 nitrogen and oxygen atoms in total. The van der Waals surface area contributed by atoms with Crippen LogP contribution >= 0.6 is 0 Å². The molecule has 0 spiro atoms. The maximum Gasteiger partial charge on any atom is 0.357 e. The molecule has 0 saturated heterocycles. The average molecular weight is 356 g/mol. The zero-order chi connectivity index (χ0) is 18.8. The largest absolute Gasteiger partial charge is 0.465 e. The van der Waals surface area contributed by atoms with Gasteiger partial charge >= 0.3 is 17.9 Å². The topological polar surface area (TPSA) is 96.2 Å². The molecular weight excluding hydrogens is 340 g/mol. The van der Waals surface area contributed by atoms with Crippen molar-refractivity contribution in [3.05, 3.63) is 47.3 Å². The number of benzene rings is 1. The first-order valence-corrected chi connectivity index (χ1v) is 7.81. The second kappa shape index (κ2) is 6.83. The van der Waals surface area contributed by atoms with Crippen LogP contribution in [0.25, 0.3) is 16.3 Å². The molecule has 0 N–H and O–H groups in total. The van der Waals surface area contributed by atoms with Crippen LogP contribution in [0.4, 0.5) is 0 Å². The maximum atomic E-state index is 12.5. The van der Waals surface area contributed by atoms with Gasteiger partial charge < -0.3 is 14.2 Å². The summed E-state index contributed by atoms with van der Waals surface area (Å²) in [6, 6.07) is 7.15. The third-order valence-electron chi connectivity index (χ3n) is 3.92. The predicted octanol–water partition coefficient (Wildman–Crippen LogP) is 2.24. The standard InChI is InChI=1S/C18H16N2O6/c1-4-26-18(23)15-13(17(22)25-3)12(16(21)24-2)14-11-8-6-5-7-10(11)9-19-20(14)15/h5-9H,4H2,1-3H3. The Labute approximate surface area is 148 Å². The number of hydrogen-bond acceptors (Lipinski definition) is 7. The molecule has 0 aliphatic rings. The van der Waals surface area contributed by atoms with Gasteiger partial charge in [-0.05, 0) is 6.92 Å². The molecule has 0 saturated carbocycles. The van der Waals surface area contributed by atoms with Crippen LogP contribution in [-0.4, -0.2) is 48.3 Å². The zero-order valence-electron chi connectivity index (χ0n) is 14.4. The van der Waals surface area contributed by atoms with Gasteiger partial charge in [-0.1, -0.05) is 24.3 Å². The van der Waals surface area contributed by atoms with E-state index in [0.717, 1.165) is 12.5 Å². The molecule has 0 bridgehead atoms. The van der Waals surface area contributed by atoms with E-state index in [1.54, 1.807) is 25.1 Å². The van der Waals surface area contributed by atoms with Crippen LogP contribution in [0.3, 0.4) is 0 Å². The second-order valence-electron chi connectivity index (χ2n) is 5.29. The van der Waals surface area contributed by atoms with Crippen LogP contribution in [0.1, 0.15) is 38.1 Å². The van der Waals surface area contributed by atoms with Crippen LogP contribution in [0.15, 0.2) is 30.5 Å². The zero-order valence-corrected chi connectivity index (χ0v) is 14.4. The van der Waals surface area contributed by atoms with Gasteiger partial charge in [0.2, 0.25) is 0 Å². The third-order valence-corrected chi connectivity index (χ3v) is 3.92. The van der Waals surface area contributed by atoms with Crippen molar-refractivity contribution in [2.45, 2.75) is 6.92 Å². The van der Waals surface area contributed by atoms with Crippen LogP contribution in [0.2, 0.25) is 0 Å². The molecule has 0 atom stereocenters. The minimum atomic E-state index is -0.858. The summed E-state index contributed by atoms with van der Waals surface area (Å²) >= 11 is 0. The summed E-state index contributed by atoms with van der Waals surface area (Å²) in [6.45, 7) is 1.73. The first-order chi connectivity index (χ1) is 12.5. The van der Waals surface area contributed by atoms with E-state index in [4.69, 9.17) is 14.2 Å². The monoisotopic (exact) mass is 356 g/mol. The van der Waals surface area contributed by atoms with Gasteiger partial charge in [0, 0.05) is 10.8 Å². The molecule has 2 heterocycles. The fraction of sp³-hybridized carbons (Fsp3) is 0.222. The van der Waals surface area contributed by atoms with E-state index in [-0.39, 0.29) is 28.9 Å². The van der Waals surface area contributed by atoms with Crippen LogP contribution in [0.5, 0.6) is 0 Å². The van der Waals surface area contributed by atoms with Gasteiger partial charge in [-0.25, -0.2) is 18.9 Å². The van der Waals surface area contributed by atoms with E-state index in [1.807, 2.05) is 6.07 Å². The molecule has 0 aliphatic carbocycles. The highest BCUT2D eigenvalue weighted by Crippen LogP contribution is 2.30. The minimum Gasteiger partial charge on any atom is -0.465 e. The lowest BCUT2D eigenvalue weighted by Crippen LogP contribution is -2.16. The lowest BCUT2D eigenvalue weighted by Gasteiger charge is -2.05. The molecule has 134 valence electrons. The number of carbonyl (C=O) groups is 3. The molecule has 0 radical (unpaired) electrons. The van der Waals surface area contributed by atoms with Gasteiger partial charge in [-0.2, -0.15) is 5.10 Å². The first kappa shape index (κ1) is 17.4. The lowest BCUT2D eigenvalue weighted by atomic mass is 10.1. The second-order valence-corrected chi connectivity index (χ2v) is 5.29. The first-order valence-electron chi connectivity index (χ1n) is 7.81. The number of carbonyl (C=O) groups excluding carboxylic acids is 3. The summed E-state index contributed by atoms with van der Waals surface area (Å²) < 4.78 is 15.9. The van der Waals surface area contributed by atoms with Crippen molar-refractivity contribution in [1.82, 2.24) is 9.61 Å². The van der Waals surface area contributed by atoms with Crippen molar-refractivity contribution >= 4 is 34.2 Å². The molecule has 2 aromatic heterocycles. The number of ether oxygens (including phenoxy) is 3. The van der Waals surface area contributed by atoms with Gasteiger partial charge in [0.1, 0.15) is 11.1 Å². The Hall–Kier alpha value is -3.42. The van der Waals surface area contributed by atoms with E-state index in [0.29, 0.717) is 5.39 Å².